The van der Waals surface area contributed by atoms with Gasteiger partial charge in [0.05, 0.1) is 16.3 Å². The Morgan fingerprint density at radius 1 is 1.35 bits per heavy atom. The van der Waals surface area contributed by atoms with Crippen LogP contribution in [0.3, 0.4) is 0 Å². The summed E-state index contributed by atoms with van der Waals surface area (Å²) in [7, 11) is 0. The van der Waals surface area contributed by atoms with Crippen LogP contribution in [-0.4, -0.2) is 25.8 Å². The van der Waals surface area contributed by atoms with E-state index in [9.17, 15) is 14.9 Å². The zero-order valence-electron chi connectivity index (χ0n) is 11.2. The summed E-state index contributed by atoms with van der Waals surface area (Å²) in [6.45, 7) is 4.89. The van der Waals surface area contributed by atoms with Crippen molar-refractivity contribution in [3.8, 4) is 5.69 Å². The van der Waals surface area contributed by atoms with Crippen molar-refractivity contribution in [2.45, 2.75) is 20.8 Å². The van der Waals surface area contributed by atoms with Crippen molar-refractivity contribution in [2.75, 3.05) is 0 Å². The topological polar surface area (TPSA) is 98.3 Å². The first kappa shape index (κ1) is 13.7. The number of nitrogens with zero attached hydrogens (tertiary/aromatic N) is 3. The number of hydrogen-bond donors (Lipinski definition) is 1. The van der Waals surface area contributed by atoms with Gasteiger partial charge in [-0.3, -0.25) is 10.1 Å². The molecule has 20 heavy (non-hydrogen) atoms. The number of carboxylic acid groups (broad SMARTS) is 1. The SMILES string of the molecule is Cc1ccc(-n2nc(C)c(C(=O)O)c2C)c([N+](=O)[O-])c1. The molecule has 7 heteroatoms. The third-order valence-electron chi connectivity index (χ3n) is 3.06. The summed E-state index contributed by atoms with van der Waals surface area (Å²) in [5.74, 6) is -1.10. The second-order valence-electron chi connectivity index (χ2n) is 4.51. The van der Waals surface area contributed by atoms with E-state index in [1.54, 1.807) is 32.9 Å². The lowest BCUT2D eigenvalue weighted by Gasteiger charge is -2.06. The smallest absolute Gasteiger partial charge is 0.339 e. The van der Waals surface area contributed by atoms with Crippen molar-refractivity contribution >= 4 is 11.7 Å². The highest BCUT2D eigenvalue weighted by atomic mass is 16.6. The Morgan fingerprint density at radius 3 is 2.50 bits per heavy atom. The van der Waals surface area contributed by atoms with Crippen molar-refractivity contribution < 1.29 is 14.8 Å². The number of rotatable bonds is 3. The number of aromatic nitrogens is 2. The number of benzene rings is 1. The van der Waals surface area contributed by atoms with Gasteiger partial charge in [0, 0.05) is 6.07 Å². The van der Waals surface area contributed by atoms with Crippen LogP contribution in [-0.2, 0) is 0 Å². The van der Waals surface area contributed by atoms with Gasteiger partial charge in [-0.25, -0.2) is 9.48 Å². The largest absolute Gasteiger partial charge is 0.478 e. The van der Waals surface area contributed by atoms with Gasteiger partial charge >= 0.3 is 5.97 Å². The summed E-state index contributed by atoms with van der Waals surface area (Å²) in [6.07, 6.45) is 0. The Kier molecular flexibility index (Phi) is 3.27. The summed E-state index contributed by atoms with van der Waals surface area (Å²) in [4.78, 5) is 21.8. The van der Waals surface area contributed by atoms with Crippen molar-refractivity contribution in [1.29, 1.82) is 0 Å². The summed E-state index contributed by atoms with van der Waals surface area (Å²) in [5.41, 5.74) is 1.66. The van der Waals surface area contributed by atoms with Gasteiger partial charge < -0.3 is 5.11 Å². The maximum Gasteiger partial charge on any atom is 0.339 e. The van der Waals surface area contributed by atoms with Crippen LogP contribution in [0.1, 0.15) is 27.3 Å². The second-order valence-corrected chi connectivity index (χ2v) is 4.51. The van der Waals surface area contributed by atoms with Crippen LogP contribution in [0.2, 0.25) is 0 Å². The summed E-state index contributed by atoms with van der Waals surface area (Å²) >= 11 is 0. The van der Waals surface area contributed by atoms with Crippen LogP contribution in [0.4, 0.5) is 5.69 Å². The molecule has 104 valence electrons. The van der Waals surface area contributed by atoms with Gasteiger partial charge in [-0.1, -0.05) is 6.07 Å². The molecular weight excluding hydrogens is 262 g/mol. The molecule has 0 atom stereocenters. The third-order valence-corrected chi connectivity index (χ3v) is 3.06. The quantitative estimate of drug-likeness (QED) is 0.685. The van der Waals surface area contributed by atoms with Gasteiger partial charge in [0.1, 0.15) is 11.3 Å². The molecule has 0 fully saturated rings. The molecule has 1 heterocycles. The molecule has 2 rings (SSSR count). The molecule has 2 aromatic rings. The molecule has 0 saturated carbocycles. The number of nitro benzene ring substituents is 1. The molecule has 7 nitrogen and oxygen atoms in total. The van der Waals surface area contributed by atoms with E-state index in [-0.39, 0.29) is 16.9 Å². The Balaban J connectivity index is 2.73. The Morgan fingerprint density at radius 2 is 2.00 bits per heavy atom. The molecule has 0 aliphatic rings. The monoisotopic (exact) mass is 275 g/mol. The average molecular weight is 275 g/mol. The van der Waals surface area contributed by atoms with E-state index in [4.69, 9.17) is 5.11 Å². The lowest BCUT2D eigenvalue weighted by atomic mass is 10.1. The minimum absolute atomic E-state index is 0.0693. The average Bonchev–Trinajstić information content (AvgIpc) is 2.64. The fourth-order valence-corrected chi connectivity index (χ4v) is 2.15. The zero-order chi connectivity index (χ0) is 15.0. The first-order chi connectivity index (χ1) is 9.32. The molecule has 0 radical (unpaired) electrons. The zero-order valence-corrected chi connectivity index (χ0v) is 11.2. The highest BCUT2D eigenvalue weighted by Gasteiger charge is 2.23. The van der Waals surface area contributed by atoms with E-state index < -0.39 is 10.9 Å². The maximum absolute atomic E-state index is 11.2. The van der Waals surface area contributed by atoms with Crippen LogP contribution in [0, 0.1) is 30.9 Å². The normalized spacial score (nSPS) is 10.6. The Hall–Kier alpha value is -2.70. The van der Waals surface area contributed by atoms with Gasteiger partial charge in [-0.2, -0.15) is 5.10 Å². The van der Waals surface area contributed by atoms with E-state index in [1.165, 1.54) is 10.7 Å². The fourth-order valence-electron chi connectivity index (χ4n) is 2.15. The van der Waals surface area contributed by atoms with Crippen molar-refractivity contribution in [1.82, 2.24) is 9.78 Å². The predicted octanol–water partition coefficient (Wildman–Crippen LogP) is 2.40. The predicted molar refractivity (Wildman–Crippen MR) is 71.4 cm³/mol. The molecule has 1 aromatic heterocycles. The fraction of sp³-hybridized carbons (Fsp3) is 0.231. The third kappa shape index (κ3) is 2.13. The number of carbonyl (C=O) groups is 1. The number of aromatic carboxylic acids is 1. The van der Waals surface area contributed by atoms with Gasteiger partial charge in [-0.15, -0.1) is 0 Å². The first-order valence-electron chi connectivity index (χ1n) is 5.88. The van der Waals surface area contributed by atoms with Crippen LogP contribution in [0.25, 0.3) is 5.69 Å². The Labute approximate surface area is 114 Å². The molecule has 0 bridgehead atoms. The minimum atomic E-state index is -1.10. The van der Waals surface area contributed by atoms with Crippen molar-refractivity contribution in [3.05, 3.63) is 50.8 Å². The van der Waals surface area contributed by atoms with Gasteiger partial charge in [-0.05, 0) is 32.4 Å². The summed E-state index contributed by atoms with van der Waals surface area (Å²) in [6, 6.07) is 4.73. The van der Waals surface area contributed by atoms with Crippen molar-refractivity contribution in [3.63, 3.8) is 0 Å². The van der Waals surface area contributed by atoms with Gasteiger partial charge in [0.15, 0.2) is 0 Å². The highest BCUT2D eigenvalue weighted by molar-refractivity contribution is 5.90. The minimum Gasteiger partial charge on any atom is -0.478 e. The molecule has 0 unspecified atom stereocenters. The standard InChI is InChI=1S/C13H13N3O4/c1-7-4-5-10(11(6-7)16(19)20)15-9(3)12(13(17)18)8(2)14-15/h4-6H,1-3H3,(H,17,18). The van der Waals surface area contributed by atoms with Gasteiger partial charge in [0.2, 0.25) is 0 Å². The van der Waals surface area contributed by atoms with Crippen LogP contribution >= 0.6 is 0 Å². The van der Waals surface area contributed by atoms with E-state index in [0.717, 1.165) is 5.56 Å². The first-order valence-corrected chi connectivity index (χ1v) is 5.88. The summed E-state index contributed by atoms with van der Waals surface area (Å²) in [5, 5.41) is 24.4. The molecule has 0 saturated heterocycles. The molecule has 1 N–H and O–H groups in total. The molecule has 0 aliphatic carbocycles. The molecule has 0 aliphatic heterocycles. The highest BCUT2D eigenvalue weighted by Crippen LogP contribution is 2.26. The molecular formula is C13H13N3O4. The number of nitro groups is 1. The lowest BCUT2D eigenvalue weighted by Crippen LogP contribution is -2.05. The lowest BCUT2D eigenvalue weighted by molar-refractivity contribution is -0.384. The van der Waals surface area contributed by atoms with E-state index in [2.05, 4.69) is 5.10 Å². The summed E-state index contributed by atoms with van der Waals surface area (Å²) < 4.78 is 1.30. The van der Waals surface area contributed by atoms with E-state index in [0.29, 0.717) is 11.4 Å². The molecule has 0 spiro atoms. The van der Waals surface area contributed by atoms with E-state index >= 15 is 0 Å². The number of carboxylic acids is 1. The number of aryl methyl sites for hydroxylation is 2. The van der Waals surface area contributed by atoms with Crippen LogP contribution < -0.4 is 0 Å². The van der Waals surface area contributed by atoms with E-state index in [1.807, 2.05) is 0 Å². The maximum atomic E-state index is 11.2. The van der Waals surface area contributed by atoms with Gasteiger partial charge in [0.25, 0.3) is 5.69 Å². The molecule has 0 amide bonds. The molecule has 1 aromatic carbocycles. The van der Waals surface area contributed by atoms with Crippen LogP contribution in [0.5, 0.6) is 0 Å². The second kappa shape index (κ2) is 4.76. The van der Waals surface area contributed by atoms with Crippen LogP contribution in [0.15, 0.2) is 18.2 Å². The number of hydrogen-bond acceptors (Lipinski definition) is 4. The van der Waals surface area contributed by atoms with Crippen molar-refractivity contribution in [2.24, 2.45) is 0 Å². The Bertz CT molecular complexity index is 719.